The van der Waals surface area contributed by atoms with Gasteiger partial charge < -0.3 is 16.4 Å². The van der Waals surface area contributed by atoms with Gasteiger partial charge in [0.1, 0.15) is 0 Å². The van der Waals surface area contributed by atoms with Gasteiger partial charge >= 0.3 is 0 Å². The molecule has 0 aliphatic heterocycles. The van der Waals surface area contributed by atoms with E-state index in [1.165, 1.54) is 0 Å². The van der Waals surface area contributed by atoms with E-state index in [0.29, 0.717) is 11.3 Å². The Morgan fingerprint density at radius 3 is 2.38 bits per heavy atom. The largest absolute Gasteiger partial charge is 0.398 e. The summed E-state index contributed by atoms with van der Waals surface area (Å²) < 4.78 is 0. The van der Waals surface area contributed by atoms with Crippen LogP contribution >= 0.6 is 0 Å². The van der Waals surface area contributed by atoms with Crippen LogP contribution < -0.4 is 16.4 Å². The first-order chi connectivity index (χ1) is 9.97. The van der Waals surface area contributed by atoms with Crippen LogP contribution in [-0.4, -0.2) is 24.4 Å². The molecule has 0 radical (unpaired) electrons. The highest BCUT2D eigenvalue weighted by Gasteiger charge is 2.12. The lowest BCUT2D eigenvalue weighted by Gasteiger charge is -2.11. The van der Waals surface area contributed by atoms with Gasteiger partial charge in [-0.15, -0.1) is 0 Å². The van der Waals surface area contributed by atoms with Gasteiger partial charge in [-0.3, -0.25) is 9.59 Å². The van der Waals surface area contributed by atoms with Crippen molar-refractivity contribution in [3.05, 3.63) is 42.0 Å². The van der Waals surface area contributed by atoms with Crippen LogP contribution in [0, 0.1) is 0 Å². The quantitative estimate of drug-likeness (QED) is 0.747. The molecule has 0 aromatic heterocycles. The second-order valence-corrected chi connectivity index (χ2v) is 5.19. The third kappa shape index (κ3) is 3.72. The maximum Gasteiger partial charge on any atom is 0.253 e. The monoisotopic (exact) mass is 285 g/mol. The van der Waals surface area contributed by atoms with Gasteiger partial charge in [0, 0.05) is 11.7 Å². The van der Waals surface area contributed by atoms with Crippen LogP contribution in [0.3, 0.4) is 0 Å². The predicted octanol–water partition coefficient (Wildman–Crippen LogP) is 1.68. The first-order valence-electron chi connectivity index (χ1n) is 6.83. The molecule has 5 nitrogen and oxygen atoms in total. The summed E-state index contributed by atoms with van der Waals surface area (Å²) in [5.41, 5.74) is 6.69. The van der Waals surface area contributed by atoms with E-state index < -0.39 is 0 Å². The smallest absolute Gasteiger partial charge is 0.253 e. The molecule has 110 valence electrons. The van der Waals surface area contributed by atoms with Crippen molar-refractivity contribution in [2.24, 2.45) is 0 Å². The molecule has 21 heavy (non-hydrogen) atoms. The molecule has 0 unspecified atom stereocenters. The van der Waals surface area contributed by atoms with E-state index in [0.717, 1.165) is 10.8 Å². The summed E-state index contributed by atoms with van der Waals surface area (Å²) in [6.07, 6.45) is 0. The summed E-state index contributed by atoms with van der Waals surface area (Å²) in [4.78, 5) is 23.7. The minimum Gasteiger partial charge on any atom is -0.398 e. The van der Waals surface area contributed by atoms with Crippen molar-refractivity contribution in [1.29, 1.82) is 0 Å². The second kappa shape index (κ2) is 6.26. The number of nitrogens with one attached hydrogen (secondary N) is 2. The Morgan fingerprint density at radius 1 is 1.14 bits per heavy atom. The van der Waals surface area contributed by atoms with Crippen LogP contribution in [0.4, 0.5) is 5.69 Å². The highest BCUT2D eigenvalue weighted by atomic mass is 16.2. The highest BCUT2D eigenvalue weighted by Crippen LogP contribution is 2.21. The van der Waals surface area contributed by atoms with Gasteiger partial charge in [-0.1, -0.05) is 24.3 Å². The first kappa shape index (κ1) is 14.8. The summed E-state index contributed by atoms with van der Waals surface area (Å²) in [6.45, 7) is 3.66. The van der Waals surface area contributed by atoms with E-state index in [1.807, 2.05) is 38.1 Å². The molecule has 0 saturated heterocycles. The number of amides is 2. The molecule has 0 aliphatic rings. The molecular formula is C16H19N3O2. The van der Waals surface area contributed by atoms with E-state index in [1.54, 1.807) is 12.1 Å². The number of anilines is 1. The van der Waals surface area contributed by atoms with Crippen LogP contribution in [0.2, 0.25) is 0 Å². The van der Waals surface area contributed by atoms with Crippen molar-refractivity contribution in [2.75, 3.05) is 12.3 Å². The van der Waals surface area contributed by atoms with Gasteiger partial charge in [0.2, 0.25) is 5.91 Å². The minimum absolute atomic E-state index is 0.0418. The van der Waals surface area contributed by atoms with Crippen molar-refractivity contribution in [1.82, 2.24) is 10.6 Å². The van der Waals surface area contributed by atoms with Crippen LogP contribution in [0.5, 0.6) is 0 Å². The molecule has 5 heteroatoms. The Hall–Kier alpha value is -2.56. The molecule has 2 amide bonds. The van der Waals surface area contributed by atoms with Gasteiger partial charge in [-0.05, 0) is 36.8 Å². The zero-order valence-corrected chi connectivity index (χ0v) is 12.1. The van der Waals surface area contributed by atoms with Crippen molar-refractivity contribution in [3.63, 3.8) is 0 Å². The molecule has 0 atom stereocenters. The molecule has 2 rings (SSSR count). The maximum atomic E-state index is 12.1. The molecule has 2 aromatic rings. The number of rotatable bonds is 4. The number of hydrogen-bond acceptors (Lipinski definition) is 3. The van der Waals surface area contributed by atoms with Gasteiger partial charge in [-0.25, -0.2) is 0 Å². The Bertz CT molecular complexity index is 680. The number of fused-ring (bicyclic) bond motifs is 1. The topological polar surface area (TPSA) is 84.2 Å². The van der Waals surface area contributed by atoms with E-state index in [-0.39, 0.29) is 24.4 Å². The van der Waals surface area contributed by atoms with E-state index in [4.69, 9.17) is 5.73 Å². The molecule has 0 aliphatic carbocycles. The average molecular weight is 285 g/mol. The molecule has 0 spiro atoms. The fraction of sp³-hybridized carbons (Fsp3) is 0.250. The fourth-order valence-electron chi connectivity index (χ4n) is 2.08. The lowest BCUT2D eigenvalue weighted by Crippen LogP contribution is -2.39. The number of hydrogen-bond donors (Lipinski definition) is 3. The highest BCUT2D eigenvalue weighted by molar-refractivity contribution is 6.04. The number of benzene rings is 2. The van der Waals surface area contributed by atoms with Crippen molar-refractivity contribution in [3.8, 4) is 0 Å². The molecule has 4 N–H and O–H groups in total. The van der Waals surface area contributed by atoms with Crippen molar-refractivity contribution >= 4 is 28.3 Å². The second-order valence-electron chi connectivity index (χ2n) is 5.19. The fourth-order valence-corrected chi connectivity index (χ4v) is 2.08. The number of nitrogen functional groups attached to an aromatic ring is 1. The molecule has 0 heterocycles. The molecule has 0 saturated carbocycles. The maximum absolute atomic E-state index is 12.1. The van der Waals surface area contributed by atoms with Gasteiger partial charge in [0.15, 0.2) is 0 Å². The Kier molecular flexibility index (Phi) is 4.42. The van der Waals surface area contributed by atoms with E-state index >= 15 is 0 Å². The molecule has 0 fully saturated rings. The Labute approximate surface area is 123 Å². The van der Waals surface area contributed by atoms with Crippen molar-refractivity contribution < 1.29 is 9.59 Å². The Balaban J connectivity index is 2.12. The first-order valence-corrected chi connectivity index (χ1v) is 6.83. The normalized spacial score (nSPS) is 10.6. The number of carbonyl (C=O) groups is 2. The lowest BCUT2D eigenvalue weighted by molar-refractivity contribution is -0.120. The average Bonchev–Trinajstić information content (AvgIpc) is 2.43. The standard InChI is InChI=1S/C16H19N3O2/c1-10(2)19-15(20)9-18-16(21)13-7-11-5-3-4-6-12(11)8-14(13)17/h3-8,10H,9,17H2,1-2H3,(H,18,21)(H,19,20). The van der Waals surface area contributed by atoms with Crippen LogP contribution in [0.1, 0.15) is 24.2 Å². The van der Waals surface area contributed by atoms with Gasteiger partial charge in [0.25, 0.3) is 5.91 Å². The predicted molar refractivity (Wildman–Crippen MR) is 84.0 cm³/mol. The summed E-state index contributed by atoms with van der Waals surface area (Å²) in [5.74, 6) is -0.574. The Morgan fingerprint density at radius 2 is 1.76 bits per heavy atom. The lowest BCUT2D eigenvalue weighted by atomic mass is 10.0. The zero-order chi connectivity index (χ0) is 15.4. The van der Waals surface area contributed by atoms with Crippen LogP contribution in [0.15, 0.2) is 36.4 Å². The third-order valence-electron chi connectivity index (χ3n) is 3.02. The molecular weight excluding hydrogens is 266 g/mol. The minimum atomic E-state index is -0.350. The zero-order valence-electron chi connectivity index (χ0n) is 12.1. The molecule has 2 aromatic carbocycles. The van der Waals surface area contributed by atoms with Crippen molar-refractivity contribution in [2.45, 2.75) is 19.9 Å². The van der Waals surface area contributed by atoms with Crippen LogP contribution in [-0.2, 0) is 4.79 Å². The summed E-state index contributed by atoms with van der Waals surface area (Å²) in [7, 11) is 0. The van der Waals surface area contributed by atoms with Gasteiger partial charge in [0.05, 0.1) is 12.1 Å². The third-order valence-corrected chi connectivity index (χ3v) is 3.02. The number of carbonyl (C=O) groups excluding carboxylic acids is 2. The summed E-state index contributed by atoms with van der Waals surface area (Å²) in [5, 5.41) is 7.20. The van der Waals surface area contributed by atoms with E-state index in [9.17, 15) is 9.59 Å². The van der Waals surface area contributed by atoms with E-state index in [2.05, 4.69) is 10.6 Å². The number of nitrogens with two attached hydrogens (primary N) is 1. The summed E-state index contributed by atoms with van der Waals surface area (Å²) >= 11 is 0. The van der Waals surface area contributed by atoms with Crippen LogP contribution in [0.25, 0.3) is 10.8 Å². The molecule has 0 bridgehead atoms. The van der Waals surface area contributed by atoms with Gasteiger partial charge in [-0.2, -0.15) is 0 Å². The SMILES string of the molecule is CC(C)NC(=O)CNC(=O)c1cc2ccccc2cc1N. The summed E-state index contributed by atoms with van der Waals surface area (Å²) in [6, 6.07) is 11.2.